The molecule has 0 unspecified atom stereocenters. The number of nitrogens with one attached hydrogen (secondary N) is 1. The fourth-order valence-electron chi connectivity index (χ4n) is 3.40. The Morgan fingerprint density at radius 1 is 1.04 bits per heavy atom. The molecule has 4 rings (SSSR count). The number of rotatable bonds is 4. The fourth-order valence-corrected chi connectivity index (χ4v) is 3.40. The lowest BCUT2D eigenvalue weighted by molar-refractivity contribution is -0.114. The summed E-state index contributed by atoms with van der Waals surface area (Å²) in [6.45, 7) is 2.49. The van der Waals surface area contributed by atoms with Gasteiger partial charge in [-0.25, -0.2) is 0 Å². The Kier molecular flexibility index (Phi) is 5.28. The number of anilines is 1. The van der Waals surface area contributed by atoms with E-state index in [0.717, 1.165) is 47.1 Å². The van der Waals surface area contributed by atoms with Gasteiger partial charge in [-0.15, -0.1) is 10.2 Å². The molecule has 0 radical (unpaired) electrons. The van der Waals surface area contributed by atoms with Crippen LogP contribution in [0.2, 0.25) is 0 Å². The van der Waals surface area contributed by atoms with Gasteiger partial charge in [-0.3, -0.25) is 9.79 Å². The Morgan fingerprint density at radius 2 is 1.82 bits per heavy atom. The summed E-state index contributed by atoms with van der Waals surface area (Å²) < 4.78 is 2.25. The first-order valence-corrected chi connectivity index (χ1v) is 9.63. The van der Waals surface area contributed by atoms with Crippen LogP contribution in [0, 0.1) is 0 Å². The van der Waals surface area contributed by atoms with E-state index in [9.17, 15) is 4.79 Å². The molecule has 6 nitrogen and oxygen atoms in total. The number of aryl methyl sites for hydroxylation is 1. The number of aliphatic imine (C=N–C) groups is 1. The van der Waals surface area contributed by atoms with Crippen molar-refractivity contribution in [1.29, 1.82) is 0 Å². The van der Waals surface area contributed by atoms with E-state index in [-0.39, 0.29) is 5.91 Å². The van der Waals surface area contributed by atoms with Crippen LogP contribution >= 0.6 is 0 Å². The smallest absolute Gasteiger partial charge is 0.221 e. The zero-order valence-corrected chi connectivity index (χ0v) is 15.9. The summed E-state index contributed by atoms with van der Waals surface area (Å²) >= 11 is 0. The van der Waals surface area contributed by atoms with Crippen LogP contribution in [0.4, 0.5) is 11.4 Å². The number of benzene rings is 2. The number of aromatic nitrogens is 3. The van der Waals surface area contributed by atoms with E-state index in [1.54, 1.807) is 0 Å². The Morgan fingerprint density at radius 3 is 2.57 bits per heavy atom. The van der Waals surface area contributed by atoms with Crippen molar-refractivity contribution in [2.75, 3.05) is 5.32 Å². The highest BCUT2D eigenvalue weighted by atomic mass is 16.1. The molecule has 142 valence electrons. The minimum Gasteiger partial charge on any atom is -0.326 e. The number of carbonyl (C=O) groups is 1. The first kappa shape index (κ1) is 18.1. The van der Waals surface area contributed by atoms with E-state index in [1.165, 1.54) is 26.2 Å². The molecule has 0 bridgehead atoms. The normalized spacial score (nSPS) is 13.9. The second-order valence-electron chi connectivity index (χ2n) is 7.01. The summed E-state index contributed by atoms with van der Waals surface area (Å²) in [5.74, 6) is 1.96. The highest BCUT2D eigenvalue weighted by Crippen LogP contribution is 2.24. The molecule has 2 heterocycles. The number of hydrogen-bond donors (Lipinski definition) is 1. The highest BCUT2D eigenvalue weighted by Gasteiger charge is 2.15. The van der Waals surface area contributed by atoms with Crippen molar-refractivity contribution in [3.8, 4) is 11.4 Å². The van der Waals surface area contributed by atoms with E-state index >= 15 is 0 Å². The van der Waals surface area contributed by atoms with E-state index < -0.39 is 0 Å². The molecule has 2 aromatic carbocycles. The average Bonchev–Trinajstić information content (AvgIpc) is 2.95. The Balaban J connectivity index is 1.47. The Bertz CT molecular complexity index is 987. The maximum atomic E-state index is 11.1. The van der Waals surface area contributed by atoms with E-state index in [0.29, 0.717) is 0 Å². The Labute approximate surface area is 164 Å². The van der Waals surface area contributed by atoms with Crippen LogP contribution in [0.15, 0.2) is 53.5 Å². The number of carbonyl (C=O) groups excluding carboxylic acids is 1. The third-order valence-electron chi connectivity index (χ3n) is 4.83. The summed E-state index contributed by atoms with van der Waals surface area (Å²) in [5, 5.41) is 11.5. The molecule has 0 spiro atoms. The Hall–Kier alpha value is -3.28. The molecule has 0 fully saturated rings. The lowest BCUT2D eigenvalue weighted by atomic mass is 10.2. The molecule has 1 aromatic heterocycles. The first-order chi connectivity index (χ1) is 13.7. The maximum Gasteiger partial charge on any atom is 0.221 e. The van der Waals surface area contributed by atoms with Crippen molar-refractivity contribution < 1.29 is 4.79 Å². The average molecular weight is 373 g/mol. The van der Waals surface area contributed by atoms with Crippen molar-refractivity contribution in [3.63, 3.8) is 0 Å². The standard InChI is InChI=1S/C22H23N5O/c1-16(28)24-20-10-6-17(7-11-20)15-23-19-12-8-18(9-13-19)22-26-25-21-5-3-2-4-14-27(21)22/h6-13,15H,2-5,14H2,1H3,(H,24,28). The molecular formula is C22H23N5O. The van der Waals surface area contributed by atoms with E-state index in [4.69, 9.17) is 0 Å². The SMILES string of the molecule is CC(=O)Nc1ccc(C=Nc2ccc(-c3nnc4n3CCCCC4)cc2)cc1. The van der Waals surface area contributed by atoms with Crippen molar-refractivity contribution in [3.05, 3.63) is 59.9 Å². The van der Waals surface area contributed by atoms with Crippen molar-refractivity contribution in [1.82, 2.24) is 14.8 Å². The second-order valence-corrected chi connectivity index (χ2v) is 7.01. The van der Waals surface area contributed by atoms with Gasteiger partial charge in [0, 0.05) is 37.4 Å². The topological polar surface area (TPSA) is 72.2 Å². The van der Waals surface area contributed by atoms with E-state index in [1.807, 2.05) is 42.6 Å². The maximum absolute atomic E-state index is 11.1. The van der Waals surface area contributed by atoms with Crippen LogP contribution < -0.4 is 5.32 Å². The molecule has 6 heteroatoms. The van der Waals surface area contributed by atoms with Gasteiger partial charge in [-0.1, -0.05) is 18.6 Å². The number of nitrogens with zero attached hydrogens (tertiary/aromatic N) is 4. The van der Waals surface area contributed by atoms with Gasteiger partial charge in [0.1, 0.15) is 5.82 Å². The second kappa shape index (κ2) is 8.17. The quantitative estimate of drug-likeness (QED) is 0.690. The zero-order chi connectivity index (χ0) is 19.3. The van der Waals surface area contributed by atoms with Gasteiger partial charge in [0.05, 0.1) is 5.69 Å². The van der Waals surface area contributed by atoms with Crippen LogP contribution in [-0.4, -0.2) is 26.9 Å². The highest BCUT2D eigenvalue weighted by molar-refractivity contribution is 5.89. The van der Waals surface area contributed by atoms with Gasteiger partial charge >= 0.3 is 0 Å². The molecule has 0 saturated carbocycles. The molecule has 28 heavy (non-hydrogen) atoms. The molecule has 1 N–H and O–H groups in total. The molecule has 0 atom stereocenters. The number of amides is 1. The minimum absolute atomic E-state index is 0.0777. The molecule has 1 aliphatic heterocycles. The fraction of sp³-hybridized carbons (Fsp3) is 0.273. The van der Waals surface area contributed by atoms with Gasteiger partial charge < -0.3 is 9.88 Å². The largest absolute Gasteiger partial charge is 0.326 e. The molecular weight excluding hydrogens is 350 g/mol. The van der Waals surface area contributed by atoms with Gasteiger partial charge in [0.25, 0.3) is 0 Å². The van der Waals surface area contributed by atoms with Crippen LogP contribution in [0.5, 0.6) is 0 Å². The van der Waals surface area contributed by atoms with E-state index in [2.05, 4.69) is 37.2 Å². The molecule has 0 aliphatic carbocycles. The molecule has 3 aromatic rings. The summed E-state index contributed by atoms with van der Waals surface area (Å²) in [6, 6.07) is 15.7. The van der Waals surface area contributed by atoms with Crippen LogP contribution in [0.3, 0.4) is 0 Å². The van der Waals surface area contributed by atoms with Gasteiger partial charge in [0.2, 0.25) is 5.91 Å². The first-order valence-electron chi connectivity index (χ1n) is 9.63. The number of fused-ring (bicyclic) bond motifs is 1. The predicted molar refractivity (Wildman–Crippen MR) is 111 cm³/mol. The summed E-state index contributed by atoms with van der Waals surface area (Å²) in [5.41, 5.74) is 3.70. The predicted octanol–water partition coefficient (Wildman–Crippen LogP) is 4.38. The summed E-state index contributed by atoms with van der Waals surface area (Å²) in [6.07, 6.45) is 6.45. The molecule has 0 saturated heterocycles. The third-order valence-corrected chi connectivity index (χ3v) is 4.83. The van der Waals surface area contributed by atoms with Crippen molar-refractivity contribution in [2.24, 2.45) is 4.99 Å². The monoisotopic (exact) mass is 373 g/mol. The third kappa shape index (κ3) is 4.17. The van der Waals surface area contributed by atoms with Gasteiger partial charge in [-0.2, -0.15) is 0 Å². The lowest BCUT2D eigenvalue weighted by Gasteiger charge is -2.07. The molecule has 1 amide bonds. The zero-order valence-electron chi connectivity index (χ0n) is 15.9. The van der Waals surface area contributed by atoms with Gasteiger partial charge in [0.15, 0.2) is 5.82 Å². The lowest BCUT2D eigenvalue weighted by Crippen LogP contribution is -2.05. The number of hydrogen-bond acceptors (Lipinski definition) is 4. The summed E-state index contributed by atoms with van der Waals surface area (Å²) in [7, 11) is 0. The van der Waals surface area contributed by atoms with Crippen molar-refractivity contribution >= 4 is 23.5 Å². The van der Waals surface area contributed by atoms with Crippen LogP contribution in [0.25, 0.3) is 11.4 Å². The minimum atomic E-state index is -0.0777. The van der Waals surface area contributed by atoms with Gasteiger partial charge in [-0.05, 0) is 54.8 Å². The van der Waals surface area contributed by atoms with Crippen molar-refractivity contribution in [2.45, 2.75) is 39.2 Å². The van der Waals surface area contributed by atoms with Crippen LogP contribution in [0.1, 0.15) is 37.6 Å². The summed E-state index contributed by atoms with van der Waals surface area (Å²) in [4.78, 5) is 15.6. The van der Waals surface area contributed by atoms with Crippen LogP contribution in [-0.2, 0) is 17.8 Å². The molecule has 1 aliphatic rings.